The average Bonchev–Trinajstić information content (AvgIpc) is 2.03. The van der Waals surface area contributed by atoms with Gasteiger partial charge in [-0.05, 0) is 19.1 Å². The van der Waals surface area contributed by atoms with Crippen LogP contribution in [0.2, 0.25) is 0 Å². The summed E-state index contributed by atoms with van der Waals surface area (Å²) < 4.78 is 4.83. The molecule has 0 spiro atoms. The molecule has 0 aliphatic heterocycles. The van der Waals surface area contributed by atoms with Crippen LogP contribution in [-0.4, -0.2) is 47.0 Å². The van der Waals surface area contributed by atoms with Crippen molar-refractivity contribution >= 4 is 17.7 Å². The van der Waals surface area contributed by atoms with E-state index in [0.29, 0.717) is 6.61 Å². The zero-order chi connectivity index (χ0) is 10.3. The van der Waals surface area contributed by atoms with Crippen molar-refractivity contribution in [1.82, 2.24) is 0 Å². The fourth-order valence-electron chi connectivity index (χ4n) is 0.638. The molecule has 0 aromatic heterocycles. The highest BCUT2D eigenvalue weighted by molar-refractivity contribution is 7.99. The molecule has 0 aliphatic carbocycles. The van der Waals surface area contributed by atoms with Gasteiger partial charge < -0.3 is 14.9 Å². The standard InChI is InChI=1S/C8H16O4S/c1-8(11,7(9)10)6-13-5-3-4-12-2/h11H,3-6H2,1-2H3,(H,9,10). The number of carbonyl (C=O) groups is 1. The van der Waals surface area contributed by atoms with Gasteiger partial charge in [-0.3, -0.25) is 0 Å². The van der Waals surface area contributed by atoms with Crippen molar-refractivity contribution in [3.63, 3.8) is 0 Å². The molecule has 0 bridgehead atoms. The molecule has 0 saturated carbocycles. The summed E-state index contributed by atoms with van der Waals surface area (Å²) in [4.78, 5) is 10.5. The van der Waals surface area contributed by atoms with Crippen LogP contribution >= 0.6 is 11.8 Å². The molecule has 1 unspecified atom stereocenters. The second-order valence-corrected chi connectivity index (χ2v) is 4.08. The first kappa shape index (κ1) is 12.7. The normalized spacial score (nSPS) is 15.3. The lowest BCUT2D eigenvalue weighted by Crippen LogP contribution is -2.37. The number of carboxylic acids is 1. The number of rotatable bonds is 7. The van der Waals surface area contributed by atoms with Crippen LogP contribution in [0, 0.1) is 0 Å². The van der Waals surface area contributed by atoms with Gasteiger partial charge in [-0.1, -0.05) is 0 Å². The predicted octanol–water partition coefficient (Wildman–Crippen LogP) is 0.592. The van der Waals surface area contributed by atoms with E-state index in [9.17, 15) is 9.90 Å². The summed E-state index contributed by atoms with van der Waals surface area (Å²) in [6.07, 6.45) is 0.872. The summed E-state index contributed by atoms with van der Waals surface area (Å²) in [7, 11) is 1.62. The van der Waals surface area contributed by atoms with Crippen molar-refractivity contribution in [2.24, 2.45) is 0 Å². The van der Waals surface area contributed by atoms with E-state index >= 15 is 0 Å². The van der Waals surface area contributed by atoms with Crippen LogP contribution in [0.4, 0.5) is 0 Å². The Morgan fingerprint density at radius 1 is 1.62 bits per heavy atom. The monoisotopic (exact) mass is 208 g/mol. The average molecular weight is 208 g/mol. The summed E-state index contributed by atoms with van der Waals surface area (Å²) in [5.74, 6) is -0.157. The van der Waals surface area contributed by atoms with Gasteiger partial charge in [0.2, 0.25) is 0 Å². The van der Waals surface area contributed by atoms with E-state index in [0.717, 1.165) is 12.2 Å². The molecule has 5 heteroatoms. The van der Waals surface area contributed by atoms with E-state index in [1.54, 1.807) is 7.11 Å². The van der Waals surface area contributed by atoms with Gasteiger partial charge in [0.25, 0.3) is 0 Å². The SMILES string of the molecule is COCCCSCC(C)(O)C(=O)O. The summed E-state index contributed by atoms with van der Waals surface area (Å²) in [6, 6.07) is 0. The Kier molecular flexibility index (Phi) is 6.11. The van der Waals surface area contributed by atoms with Gasteiger partial charge in [0.05, 0.1) is 0 Å². The molecule has 0 rings (SSSR count). The van der Waals surface area contributed by atoms with E-state index < -0.39 is 11.6 Å². The van der Waals surface area contributed by atoms with Crippen molar-refractivity contribution in [1.29, 1.82) is 0 Å². The summed E-state index contributed by atoms with van der Waals surface area (Å²) in [5.41, 5.74) is -1.61. The van der Waals surface area contributed by atoms with E-state index in [-0.39, 0.29) is 5.75 Å². The summed E-state index contributed by atoms with van der Waals surface area (Å²) >= 11 is 1.42. The van der Waals surface area contributed by atoms with Crippen LogP contribution in [0.15, 0.2) is 0 Å². The minimum atomic E-state index is -1.61. The highest BCUT2D eigenvalue weighted by Crippen LogP contribution is 2.13. The molecule has 0 heterocycles. The Morgan fingerprint density at radius 2 is 2.23 bits per heavy atom. The molecule has 13 heavy (non-hydrogen) atoms. The highest BCUT2D eigenvalue weighted by atomic mass is 32.2. The van der Waals surface area contributed by atoms with Crippen molar-refractivity contribution < 1.29 is 19.7 Å². The molecule has 2 N–H and O–H groups in total. The second kappa shape index (κ2) is 6.23. The number of carboxylic acid groups (broad SMARTS) is 1. The van der Waals surface area contributed by atoms with Crippen molar-refractivity contribution in [2.75, 3.05) is 25.2 Å². The summed E-state index contributed by atoms with van der Waals surface area (Å²) in [5, 5.41) is 17.9. The minimum absolute atomic E-state index is 0.214. The molecule has 0 amide bonds. The maximum Gasteiger partial charge on any atom is 0.336 e. The third-order valence-electron chi connectivity index (χ3n) is 1.48. The first-order chi connectivity index (χ1) is 6.00. The number of ether oxygens (including phenoxy) is 1. The zero-order valence-corrected chi connectivity index (χ0v) is 8.76. The predicted molar refractivity (Wildman–Crippen MR) is 52.1 cm³/mol. The van der Waals surface area contributed by atoms with Crippen molar-refractivity contribution in [3.8, 4) is 0 Å². The van der Waals surface area contributed by atoms with Crippen LogP contribution in [0.5, 0.6) is 0 Å². The van der Waals surface area contributed by atoms with Gasteiger partial charge >= 0.3 is 5.97 Å². The van der Waals surface area contributed by atoms with Gasteiger partial charge in [0.15, 0.2) is 5.60 Å². The lowest BCUT2D eigenvalue weighted by molar-refractivity contribution is -0.154. The minimum Gasteiger partial charge on any atom is -0.479 e. The topological polar surface area (TPSA) is 66.8 Å². The van der Waals surface area contributed by atoms with Gasteiger partial charge in [-0.25, -0.2) is 4.79 Å². The third-order valence-corrected chi connectivity index (χ3v) is 2.82. The van der Waals surface area contributed by atoms with Crippen LogP contribution < -0.4 is 0 Å². The maximum absolute atomic E-state index is 10.5. The Bertz CT molecular complexity index is 158. The molecule has 78 valence electrons. The molecule has 4 nitrogen and oxygen atoms in total. The van der Waals surface area contributed by atoms with E-state index in [1.807, 2.05) is 0 Å². The first-order valence-corrected chi connectivity index (χ1v) is 5.18. The third kappa shape index (κ3) is 5.90. The Balaban J connectivity index is 3.46. The Labute approximate surface area is 82.3 Å². The first-order valence-electron chi connectivity index (χ1n) is 4.03. The number of aliphatic carboxylic acids is 1. The van der Waals surface area contributed by atoms with E-state index in [2.05, 4.69) is 0 Å². The maximum atomic E-state index is 10.5. The molecule has 0 aliphatic rings. The van der Waals surface area contributed by atoms with Crippen LogP contribution in [0.3, 0.4) is 0 Å². The van der Waals surface area contributed by atoms with Crippen LogP contribution in [-0.2, 0) is 9.53 Å². The van der Waals surface area contributed by atoms with Gasteiger partial charge in [-0.2, -0.15) is 11.8 Å². The molecule has 0 aromatic carbocycles. The summed E-state index contributed by atoms with van der Waals surface area (Å²) in [6.45, 7) is 1.97. The zero-order valence-electron chi connectivity index (χ0n) is 7.95. The van der Waals surface area contributed by atoms with E-state index in [4.69, 9.17) is 9.84 Å². The Hall–Kier alpha value is -0.260. The fraction of sp³-hybridized carbons (Fsp3) is 0.875. The number of hydrogen-bond acceptors (Lipinski definition) is 4. The Morgan fingerprint density at radius 3 is 2.69 bits per heavy atom. The van der Waals surface area contributed by atoms with Gasteiger partial charge in [-0.15, -0.1) is 0 Å². The largest absolute Gasteiger partial charge is 0.479 e. The molecular formula is C8H16O4S. The van der Waals surface area contributed by atoms with E-state index in [1.165, 1.54) is 18.7 Å². The molecule has 0 aromatic rings. The fourth-order valence-corrected chi connectivity index (χ4v) is 1.63. The van der Waals surface area contributed by atoms with Crippen molar-refractivity contribution in [3.05, 3.63) is 0 Å². The number of methoxy groups -OCH3 is 1. The smallest absolute Gasteiger partial charge is 0.336 e. The van der Waals surface area contributed by atoms with Crippen LogP contribution in [0.25, 0.3) is 0 Å². The molecular weight excluding hydrogens is 192 g/mol. The molecule has 1 atom stereocenters. The number of aliphatic hydroxyl groups is 1. The molecule has 0 saturated heterocycles. The quantitative estimate of drug-likeness (QED) is 0.599. The van der Waals surface area contributed by atoms with Crippen molar-refractivity contribution in [2.45, 2.75) is 18.9 Å². The lowest BCUT2D eigenvalue weighted by atomic mass is 10.1. The lowest BCUT2D eigenvalue weighted by Gasteiger charge is -2.16. The van der Waals surface area contributed by atoms with Gasteiger partial charge in [0, 0.05) is 19.5 Å². The second-order valence-electron chi connectivity index (χ2n) is 2.98. The highest BCUT2D eigenvalue weighted by Gasteiger charge is 2.29. The number of thioether (sulfide) groups is 1. The van der Waals surface area contributed by atoms with Crippen LogP contribution in [0.1, 0.15) is 13.3 Å². The molecule has 0 fully saturated rings. The van der Waals surface area contributed by atoms with Gasteiger partial charge in [0.1, 0.15) is 0 Å². The number of hydrogen-bond donors (Lipinski definition) is 2. The molecule has 0 radical (unpaired) electrons.